The second kappa shape index (κ2) is 7.51. The molecule has 2 saturated heterocycles. The van der Waals surface area contributed by atoms with Gasteiger partial charge in [0.05, 0.1) is 6.61 Å². The highest BCUT2D eigenvalue weighted by Gasteiger charge is 2.55. The largest absolute Gasteiger partial charge is 0.492 e. The third-order valence-corrected chi connectivity index (χ3v) is 9.20. The van der Waals surface area contributed by atoms with Crippen LogP contribution in [0.3, 0.4) is 0 Å². The summed E-state index contributed by atoms with van der Waals surface area (Å²) < 4.78 is 57.0. The van der Waals surface area contributed by atoms with Gasteiger partial charge in [0.25, 0.3) is 0 Å². The number of hydrogen-bond acceptors (Lipinski definition) is 11. The number of phosphoric acid groups is 3. The third kappa shape index (κ3) is 4.71. The van der Waals surface area contributed by atoms with Crippen LogP contribution in [0.25, 0.3) is 0 Å². The van der Waals surface area contributed by atoms with Gasteiger partial charge in [-0.25, -0.2) is 13.7 Å². The summed E-state index contributed by atoms with van der Waals surface area (Å²) in [6.07, 6.45) is -5.46. The maximum absolute atomic E-state index is 12.2. The number of nitrogens with one attached hydrogen (secondary N) is 1. The van der Waals surface area contributed by atoms with Gasteiger partial charge in [0.1, 0.15) is 24.4 Å². The Morgan fingerprint density at radius 2 is 1.68 bits per heavy atom. The third-order valence-electron chi connectivity index (χ3n) is 3.84. The van der Waals surface area contributed by atoms with Crippen molar-refractivity contribution in [1.82, 2.24) is 4.98 Å². The number of H-pyrrole nitrogens is 1. The summed E-state index contributed by atoms with van der Waals surface area (Å²) in [5.74, 6) is 0. The Balaban J connectivity index is 1.73. The maximum atomic E-state index is 12.2. The summed E-state index contributed by atoms with van der Waals surface area (Å²) in [6.45, 7) is 0.733. The number of aryl methyl sites for hydroxylation is 1. The number of rotatable bonds is 4. The fourth-order valence-corrected chi connectivity index (χ4v) is 7.61. The van der Waals surface area contributed by atoms with Crippen molar-refractivity contribution in [3.05, 3.63) is 33.7 Å². The maximum Gasteiger partial charge on any atom is 0.492 e. The van der Waals surface area contributed by atoms with Crippen LogP contribution < -0.4 is 5.56 Å². The van der Waals surface area contributed by atoms with E-state index in [1.54, 1.807) is 6.92 Å². The quantitative estimate of drug-likeness (QED) is 0.379. The number of aromatic nitrogens is 1. The van der Waals surface area contributed by atoms with E-state index in [9.17, 15) is 38.5 Å². The summed E-state index contributed by atoms with van der Waals surface area (Å²) in [5.41, 5.74) is 0.346. The Morgan fingerprint density at radius 3 is 2.25 bits per heavy atom. The molecule has 5 N–H and O–H groups in total. The molecule has 158 valence electrons. The number of aliphatic hydroxyl groups excluding tert-OH is 2. The Kier molecular flexibility index (Phi) is 5.90. The molecule has 2 aliphatic rings. The monoisotopic (exact) mass is 463 g/mol. The van der Waals surface area contributed by atoms with E-state index < -0.39 is 54.5 Å². The molecule has 0 amide bonds. The smallest absolute Gasteiger partial charge is 0.387 e. The van der Waals surface area contributed by atoms with Crippen LogP contribution in [0.1, 0.15) is 17.4 Å². The summed E-state index contributed by atoms with van der Waals surface area (Å²) in [4.78, 5) is 32.1. The summed E-state index contributed by atoms with van der Waals surface area (Å²) in [6, 6.07) is 2.57. The second-order valence-corrected chi connectivity index (χ2v) is 10.9. The molecule has 3 unspecified atom stereocenters. The van der Waals surface area contributed by atoms with Gasteiger partial charge in [-0.3, -0.25) is 9.32 Å². The number of aliphatic hydroxyl groups is 2. The van der Waals surface area contributed by atoms with Crippen molar-refractivity contribution < 1.29 is 55.9 Å². The van der Waals surface area contributed by atoms with E-state index >= 15 is 0 Å². The average Bonchev–Trinajstić information content (AvgIpc) is 2.78. The first kappa shape index (κ1) is 22.0. The molecule has 2 fully saturated rings. The molecule has 28 heavy (non-hydrogen) atoms. The molecule has 3 heterocycles. The standard InChI is InChI=1S/C11H16NO13P3/c1-5-6(2-3-8(13)12-5)11-10(15)9(14)7(22-11)4-21-28(20)24-26(16,17)23-27(18,19)25-28/h2-3,7,9-11,14-15H,4H2,1H3,(H,12,13)(H,16,17)(H,18,19)/t7-,9?,10+,11+/m1/s1. The van der Waals surface area contributed by atoms with Crippen molar-refractivity contribution in [3.8, 4) is 0 Å². The van der Waals surface area contributed by atoms with Crippen LogP contribution in [0.15, 0.2) is 16.9 Å². The molecule has 2 aliphatic heterocycles. The van der Waals surface area contributed by atoms with Crippen molar-refractivity contribution in [1.29, 1.82) is 0 Å². The van der Waals surface area contributed by atoms with Gasteiger partial charge in [0, 0.05) is 17.3 Å². The molecule has 0 aliphatic carbocycles. The molecule has 3 rings (SSSR count). The number of ether oxygens (including phenoxy) is 1. The predicted molar refractivity (Wildman–Crippen MR) is 87.9 cm³/mol. The average molecular weight is 463 g/mol. The van der Waals surface area contributed by atoms with Gasteiger partial charge in [-0.05, 0) is 13.0 Å². The lowest BCUT2D eigenvalue weighted by Crippen LogP contribution is -2.33. The molecule has 1 aromatic heterocycles. The first-order valence-electron chi connectivity index (χ1n) is 7.56. The van der Waals surface area contributed by atoms with Crippen molar-refractivity contribution in [3.63, 3.8) is 0 Å². The van der Waals surface area contributed by atoms with Crippen LogP contribution in [0.4, 0.5) is 0 Å². The molecular formula is C11H16NO13P3. The van der Waals surface area contributed by atoms with Crippen molar-refractivity contribution >= 4 is 23.5 Å². The van der Waals surface area contributed by atoms with Gasteiger partial charge in [0.2, 0.25) is 5.56 Å². The minimum absolute atomic E-state index is 0.360. The second-order valence-electron chi connectivity index (χ2n) is 5.90. The zero-order valence-corrected chi connectivity index (χ0v) is 16.7. The Labute approximate surface area is 156 Å². The fourth-order valence-electron chi connectivity index (χ4n) is 2.68. The molecular weight excluding hydrogens is 447 g/mol. The summed E-state index contributed by atoms with van der Waals surface area (Å²) >= 11 is 0. The predicted octanol–water partition coefficient (Wildman–Crippen LogP) is 0.234. The Bertz CT molecular complexity index is 933. The van der Waals surface area contributed by atoms with Crippen molar-refractivity contribution in [2.24, 2.45) is 0 Å². The van der Waals surface area contributed by atoms with Gasteiger partial charge in [-0.1, -0.05) is 0 Å². The molecule has 14 nitrogen and oxygen atoms in total. The highest BCUT2D eigenvalue weighted by molar-refractivity contribution is 7.74. The van der Waals surface area contributed by atoms with Gasteiger partial charge < -0.3 is 29.7 Å². The van der Waals surface area contributed by atoms with E-state index in [0.717, 1.165) is 0 Å². The van der Waals surface area contributed by atoms with Gasteiger partial charge in [0.15, 0.2) is 0 Å². The van der Waals surface area contributed by atoms with Gasteiger partial charge >= 0.3 is 23.5 Å². The molecule has 0 bridgehead atoms. The van der Waals surface area contributed by atoms with Crippen molar-refractivity contribution in [2.75, 3.05) is 6.61 Å². The zero-order valence-electron chi connectivity index (χ0n) is 14.0. The van der Waals surface area contributed by atoms with E-state index in [-0.39, 0.29) is 5.56 Å². The van der Waals surface area contributed by atoms with Crippen LogP contribution in [-0.4, -0.2) is 49.9 Å². The zero-order chi connectivity index (χ0) is 20.9. The highest BCUT2D eigenvalue weighted by Crippen LogP contribution is 2.80. The topological polar surface area (TPSA) is 211 Å². The summed E-state index contributed by atoms with van der Waals surface area (Å²) in [7, 11) is -15.4. The lowest BCUT2D eigenvalue weighted by molar-refractivity contribution is -0.0233. The molecule has 0 saturated carbocycles. The van der Waals surface area contributed by atoms with E-state index in [1.807, 2.05) is 0 Å². The molecule has 0 aromatic carbocycles. The minimum atomic E-state index is -5.20. The number of pyridine rings is 1. The molecule has 6 atom stereocenters. The Morgan fingerprint density at radius 1 is 1.07 bits per heavy atom. The number of aromatic amines is 1. The van der Waals surface area contributed by atoms with Crippen LogP contribution in [0, 0.1) is 6.92 Å². The van der Waals surface area contributed by atoms with Crippen molar-refractivity contribution in [2.45, 2.75) is 31.3 Å². The van der Waals surface area contributed by atoms with E-state index in [4.69, 9.17) is 9.26 Å². The lowest BCUT2D eigenvalue weighted by atomic mass is 10.0. The normalized spacial score (nSPS) is 43.9. The van der Waals surface area contributed by atoms with Crippen LogP contribution >= 0.6 is 23.5 Å². The number of hydrogen-bond donors (Lipinski definition) is 5. The van der Waals surface area contributed by atoms with E-state index in [1.165, 1.54) is 12.1 Å². The van der Waals surface area contributed by atoms with Gasteiger partial charge in [-0.15, -0.1) is 0 Å². The molecule has 1 aromatic rings. The lowest BCUT2D eigenvalue weighted by Gasteiger charge is -2.27. The summed E-state index contributed by atoms with van der Waals surface area (Å²) in [5, 5.41) is 20.3. The van der Waals surface area contributed by atoms with Gasteiger partial charge in [-0.2, -0.15) is 12.9 Å². The minimum Gasteiger partial charge on any atom is -0.387 e. The SMILES string of the molecule is Cc1[nH]c(=O)ccc1[C@@H]1O[C@H](COP2(=O)OP(=O)(O)OP(=O)(O)O2)C(O)[C@@H]1O. The van der Waals surface area contributed by atoms with Crippen LogP contribution in [0.2, 0.25) is 0 Å². The first-order valence-corrected chi connectivity index (χ1v) is 12.0. The molecule has 0 spiro atoms. The van der Waals surface area contributed by atoms with E-state index in [2.05, 4.69) is 17.9 Å². The first-order chi connectivity index (χ1) is 12.8. The van der Waals surface area contributed by atoms with E-state index in [0.29, 0.717) is 11.3 Å². The molecule has 0 radical (unpaired) electrons. The van der Waals surface area contributed by atoms with Crippen LogP contribution in [-0.2, 0) is 35.9 Å². The Hall–Kier alpha value is -0.720. The highest BCUT2D eigenvalue weighted by atomic mass is 31.3. The fraction of sp³-hybridized carbons (Fsp3) is 0.545. The molecule has 17 heteroatoms. The van der Waals surface area contributed by atoms with Crippen LogP contribution in [0.5, 0.6) is 0 Å².